The van der Waals surface area contributed by atoms with E-state index >= 15 is 0 Å². The van der Waals surface area contributed by atoms with E-state index in [0.29, 0.717) is 6.42 Å². The summed E-state index contributed by atoms with van der Waals surface area (Å²) in [5.41, 5.74) is 1.71. The lowest BCUT2D eigenvalue weighted by Gasteiger charge is -2.30. The van der Waals surface area contributed by atoms with Crippen molar-refractivity contribution >= 4 is 0 Å². The summed E-state index contributed by atoms with van der Waals surface area (Å²) in [6.45, 7) is 7.72. The van der Waals surface area contributed by atoms with Crippen molar-refractivity contribution in [3.8, 4) is 0 Å². The number of hydrogen-bond donors (Lipinski definition) is 1. The van der Waals surface area contributed by atoms with E-state index in [0.717, 1.165) is 18.4 Å². The van der Waals surface area contributed by atoms with E-state index in [2.05, 4.69) is 13.5 Å². The predicted octanol–water partition coefficient (Wildman–Crippen LogP) is 2.44. The van der Waals surface area contributed by atoms with E-state index in [4.69, 9.17) is 4.74 Å². The van der Waals surface area contributed by atoms with E-state index < -0.39 is 5.60 Å². The van der Waals surface area contributed by atoms with Crippen LogP contribution in [-0.2, 0) is 4.74 Å². The molecule has 80 valence electrons. The molecule has 1 rings (SSSR count). The van der Waals surface area contributed by atoms with Crippen LogP contribution in [0.3, 0.4) is 0 Å². The summed E-state index contributed by atoms with van der Waals surface area (Å²) in [6, 6.07) is 0. The van der Waals surface area contributed by atoms with Gasteiger partial charge >= 0.3 is 0 Å². The number of allylic oxidation sites excluding steroid dienone is 2. The third-order valence-electron chi connectivity index (χ3n) is 3.10. The molecule has 0 unspecified atom stereocenters. The fourth-order valence-corrected chi connectivity index (χ4v) is 2.09. The minimum Gasteiger partial charge on any atom is -0.387 e. The van der Waals surface area contributed by atoms with Crippen molar-refractivity contribution < 1.29 is 9.84 Å². The highest BCUT2D eigenvalue weighted by Gasteiger charge is 2.34. The molecule has 2 atom stereocenters. The van der Waals surface area contributed by atoms with E-state index in [9.17, 15) is 5.11 Å². The van der Waals surface area contributed by atoms with Gasteiger partial charge in [0, 0.05) is 13.5 Å². The smallest absolute Gasteiger partial charge is 0.0920 e. The van der Waals surface area contributed by atoms with Crippen LogP contribution in [0, 0.1) is 0 Å². The molecule has 1 N–H and O–H groups in total. The van der Waals surface area contributed by atoms with Gasteiger partial charge in [0.25, 0.3) is 0 Å². The zero-order chi connectivity index (χ0) is 10.8. The van der Waals surface area contributed by atoms with Gasteiger partial charge < -0.3 is 9.84 Å². The zero-order valence-electron chi connectivity index (χ0n) is 9.34. The Hall–Kier alpha value is -0.600. The predicted molar refractivity (Wildman–Crippen MR) is 58.2 cm³/mol. The molecule has 0 aliphatic heterocycles. The lowest BCUT2D eigenvalue weighted by Crippen LogP contribution is -2.39. The molecule has 0 aromatic carbocycles. The second-order valence-electron chi connectivity index (χ2n) is 4.31. The van der Waals surface area contributed by atoms with Gasteiger partial charge in [0.05, 0.1) is 11.7 Å². The first-order chi connectivity index (χ1) is 6.51. The van der Waals surface area contributed by atoms with E-state index in [1.54, 1.807) is 7.11 Å². The summed E-state index contributed by atoms with van der Waals surface area (Å²) < 4.78 is 5.32. The molecule has 0 radical (unpaired) electrons. The average Bonchev–Trinajstić information content (AvgIpc) is 2.23. The number of hydrogen-bond acceptors (Lipinski definition) is 2. The van der Waals surface area contributed by atoms with Crippen molar-refractivity contribution in [2.45, 2.75) is 44.8 Å². The van der Waals surface area contributed by atoms with Gasteiger partial charge in [0.2, 0.25) is 0 Å². The van der Waals surface area contributed by atoms with Crippen molar-refractivity contribution in [2.24, 2.45) is 0 Å². The van der Waals surface area contributed by atoms with Crippen LogP contribution in [0.1, 0.15) is 33.1 Å². The Bertz CT molecular complexity index is 251. The molecule has 1 aliphatic carbocycles. The maximum absolute atomic E-state index is 10.2. The number of rotatable bonds is 2. The van der Waals surface area contributed by atoms with Gasteiger partial charge in [-0.25, -0.2) is 0 Å². The van der Waals surface area contributed by atoms with Crippen LogP contribution in [0.5, 0.6) is 0 Å². The van der Waals surface area contributed by atoms with Crippen LogP contribution in [0.4, 0.5) is 0 Å². The first-order valence-electron chi connectivity index (χ1n) is 5.07. The van der Waals surface area contributed by atoms with E-state index in [-0.39, 0.29) is 6.10 Å². The van der Waals surface area contributed by atoms with Gasteiger partial charge in [0.15, 0.2) is 0 Å². The number of ether oxygens (including phenoxy) is 1. The van der Waals surface area contributed by atoms with Crippen LogP contribution in [0.25, 0.3) is 0 Å². The lowest BCUT2D eigenvalue weighted by molar-refractivity contribution is -0.0815. The summed E-state index contributed by atoms with van der Waals surface area (Å²) >= 11 is 0. The maximum atomic E-state index is 10.2. The molecular weight excluding hydrogens is 176 g/mol. The minimum absolute atomic E-state index is 0.0742. The Morgan fingerprint density at radius 3 is 2.79 bits per heavy atom. The standard InChI is InChI=1S/C12H20O2/c1-5-10-8-12(3,13)11(14-4)7-6-9(10)2/h5,11,13H,1,6-8H2,2-4H3/t11-,12+/m0/s1. The Labute approximate surface area is 86.3 Å². The highest BCUT2D eigenvalue weighted by molar-refractivity contribution is 5.27. The van der Waals surface area contributed by atoms with Crippen LogP contribution in [-0.4, -0.2) is 23.9 Å². The Kier molecular flexibility index (Phi) is 3.51. The van der Waals surface area contributed by atoms with Gasteiger partial charge in [-0.1, -0.05) is 18.2 Å². The van der Waals surface area contributed by atoms with Gasteiger partial charge in [0.1, 0.15) is 0 Å². The molecule has 1 aliphatic rings. The van der Waals surface area contributed by atoms with Crippen molar-refractivity contribution in [1.82, 2.24) is 0 Å². The molecular formula is C12H20O2. The monoisotopic (exact) mass is 196 g/mol. The van der Waals surface area contributed by atoms with Crippen LogP contribution >= 0.6 is 0 Å². The second kappa shape index (κ2) is 4.28. The molecule has 0 aromatic rings. The summed E-state index contributed by atoms with van der Waals surface area (Å²) in [7, 11) is 1.66. The van der Waals surface area contributed by atoms with Gasteiger partial charge in [-0.15, -0.1) is 0 Å². The summed E-state index contributed by atoms with van der Waals surface area (Å²) in [5, 5.41) is 10.2. The summed E-state index contributed by atoms with van der Waals surface area (Å²) in [6.07, 6.45) is 4.28. The molecule has 0 heterocycles. The maximum Gasteiger partial charge on any atom is 0.0920 e. The Morgan fingerprint density at radius 1 is 1.64 bits per heavy atom. The average molecular weight is 196 g/mol. The molecule has 0 saturated heterocycles. The molecule has 2 heteroatoms. The van der Waals surface area contributed by atoms with Gasteiger partial charge in [-0.3, -0.25) is 0 Å². The van der Waals surface area contributed by atoms with E-state index in [1.165, 1.54) is 5.57 Å². The highest BCUT2D eigenvalue weighted by atomic mass is 16.5. The first-order valence-corrected chi connectivity index (χ1v) is 5.07. The van der Waals surface area contributed by atoms with Crippen LogP contribution in [0.2, 0.25) is 0 Å². The normalized spacial score (nSPS) is 34.1. The largest absolute Gasteiger partial charge is 0.387 e. The molecule has 0 spiro atoms. The Morgan fingerprint density at radius 2 is 2.29 bits per heavy atom. The summed E-state index contributed by atoms with van der Waals surface area (Å²) in [4.78, 5) is 0. The SMILES string of the molecule is C=CC1=C(C)CC[C@H](OC)[C@](C)(O)C1. The quantitative estimate of drug-likeness (QED) is 0.735. The minimum atomic E-state index is -0.768. The lowest BCUT2D eigenvalue weighted by atomic mass is 9.91. The third kappa shape index (κ3) is 2.25. The van der Waals surface area contributed by atoms with Crippen LogP contribution < -0.4 is 0 Å². The Balaban J connectivity index is 2.91. The van der Waals surface area contributed by atoms with Gasteiger partial charge in [-0.2, -0.15) is 0 Å². The van der Waals surface area contributed by atoms with E-state index in [1.807, 2.05) is 13.0 Å². The molecule has 0 fully saturated rings. The van der Waals surface area contributed by atoms with Gasteiger partial charge in [-0.05, 0) is 32.3 Å². The van der Waals surface area contributed by atoms with Crippen molar-refractivity contribution in [1.29, 1.82) is 0 Å². The fourth-order valence-electron chi connectivity index (χ4n) is 2.09. The molecule has 0 bridgehead atoms. The van der Waals surface area contributed by atoms with Crippen molar-refractivity contribution in [3.63, 3.8) is 0 Å². The third-order valence-corrected chi connectivity index (χ3v) is 3.10. The zero-order valence-corrected chi connectivity index (χ0v) is 9.34. The first kappa shape index (κ1) is 11.5. The molecule has 2 nitrogen and oxygen atoms in total. The second-order valence-corrected chi connectivity index (χ2v) is 4.31. The summed E-state index contributed by atoms with van der Waals surface area (Å²) in [5.74, 6) is 0. The van der Waals surface area contributed by atoms with Crippen LogP contribution in [0.15, 0.2) is 23.8 Å². The highest BCUT2D eigenvalue weighted by Crippen LogP contribution is 2.32. The topological polar surface area (TPSA) is 29.5 Å². The molecule has 0 amide bonds. The molecule has 0 saturated carbocycles. The van der Waals surface area contributed by atoms with Crippen molar-refractivity contribution in [2.75, 3.05) is 7.11 Å². The number of aliphatic hydroxyl groups is 1. The molecule has 0 aromatic heterocycles. The van der Waals surface area contributed by atoms with Crippen molar-refractivity contribution in [3.05, 3.63) is 23.8 Å². The number of methoxy groups -OCH3 is 1. The molecule has 14 heavy (non-hydrogen) atoms. The fraction of sp³-hybridized carbons (Fsp3) is 0.667.